The second kappa shape index (κ2) is 3.17. The van der Waals surface area contributed by atoms with Gasteiger partial charge in [-0.15, -0.1) is 0 Å². The molecule has 2 aliphatic rings. The van der Waals surface area contributed by atoms with Crippen LogP contribution in [0.25, 0.3) is 0 Å². The Kier molecular flexibility index (Phi) is 2.14. The van der Waals surface area contributed by atoms with Gasteiger partial charge in [0.25, 0.3) is 0 Å². The summed E-state index contributed by atoms with van der Waals surface area (Å²) in [6.45, 7) is 0. The largest absolute Gasteiger partial charge is 0.595 e. The number of hydroxylamine groups is 4. The standard InChI is InChI=1S/C7H10N2O4/c10-4-5-1-2-6-7(3-5)9(12)13-8(6)11/h1,4,6-9H,2-3H2. The summed E-state index contributed by atoms with van der Waals surface area (Å²) >= 11 is 0. The van der Waals surface area contributed by atoms with Gasteiger partial charge in [-0.05, 0) is 10.5 Å². The van der Waals surface area contributed by atoms with E-state index in [1.807, 2.05) is 0 Å². The molecule has 72 valence electrons. The Balaban J connectivity index is 2.16. The van der Waals surface area contributed by atoms with Gasteiger partial charge in [-0.25, -0.2) is 0 Å². The number of hydrogen-bond donors (Lipinski definition) is 2. The van der Waals surface area contributed by atoms with E-state index >= 15 is 0 Å². The minimum absolute atomic E-state index is 0.346. The number of hydrogen-bond acceptors (Lipinski definition) is 4. The van der Waals surface area contributed by atoms with Crippen LogP contribution in [0, 0.1) is 10.4 Å². The maximum absolute atomic E-state index is 11.1. The van der Waals surface area contributed by atoms with Crippen molar-refractivity contribution in [2.45, 2.75) is 24.9 Å². The van der Waals surface area contributed by atoms with Crippen molar-refractivity contribution < 1.29 is 20.2 Å². The van der Waals surface area contributed by atoms with Crippen LogP contribution in [0.5, 0.6) is 0 Å². The van der Waals surface area contributed by atoms with Gasteiger partial charge in [0.15, 0.2) is 12.1 Å². The number of quaternary nitrogens is 2. The van der Waals surface area contributed by atoms with Crippen molar-refractivity contribution in [1.82, 2.24) is 0 Å². The topological polar surface area (TPSA) is 81.3 Å². The molecule has 0 saturated carbocycles. The van der Waals surface area contributed by atoms with Gasteiger partial charge < -0.3 is 10.4 Å². The highest BCUT2D eigenvalue weighted by Crippen LogP contribution is 2.15. The number of aldehydes is 1. The Bertz CT molecular complexity index is 255. The molecule has 6 heteroatoms. The van der Waals surface area contributed by atoms with Crippen molar-refractivity contribution in [2.75, 3.05) is 0 Å². The predicted octanol–water partition coefficient (Wildman–Crippen LogP) is -2.73. The van der Waals surface area contributed by atoms with E-state index in [4.69, 9.17) is 0 Å². The van der Waals surface area contributed by atoms with Crippen LogP contribution in [-0.2, 0) is 9.73 Å². The van der Waals surface area contributed by atoms with Gasteiger partial charge in [0.05, 0.1) is 0 Å². The summed E-state index contributed by atoms with van der Waals surface area (Å²) in [6, 6.07) is -0.770. The van der Waals surface area contributed by atoms with Crippen molar-refractivity contribution >= 4 is 6.29 Å². The number of rotatable bonds is 1. The molecule has 1 fully saturated rings. The summed E-state index contributed by atoms with van der Waals surface area (Å²) in [6.07, 6.45) is 3.22. The summed E-state index contributed by atoms with van der Waals surface area (Å²) < 4.78 is 0. The van der Waals surface area contributed by atoms with E-state index in [1.165, 1.54) is 0 Å². The zero-order valence-corrected chi connectivity index (χ0v) is 6.86. The van der Waals surface area contributed by atoms with Gasteiger partial charge in [-0.2, -0.15) is 10.5 Å². The molecule has 0 aromatic heterocycles. The second-order valence-corrected chi connectivity index (χ2v) is 3.29. The molecule has 1 aliphatic heterocycles. The van der Waals surface area contributed by atoms with Crippen molar-refractivity contribution in [3.63, 3.8) is 0 Å². The lowest BCUT2D eigenvalue weighted by Gasteiger charge is -2.21. The van der Waals surface area contributed by atoms with Gasteiger partial charge in [0, 0.05) is 12.8 Å². The molecule has 2 rings (SSSR count). The average Bonchev–Trinajstić information content (AvgIpc) is 2.42. The van der Waals surface area contributed by atoms with Crippen LogP contribution < -0.4 is 10.5 Å². The van der Waals surface area contributed by atoms with E-state index in [0.717, 1.165) is 6.29 Å². The molecule has 0 radical (unpaired) electrons. The molecule has 0 spiro atoms. The number of carbonyl (C=O) groups is 1. The quantitative estimate of drug-likeness (QED) is 0.344. The Hall–Kier alpha value is -0.790. The zero-order chi connectivity index (χ0) is 9.42. The molecule has 4 atom stereocenters. The number of fused-ring (bicyclic) bond motifs is 1. The van der Waals surface area contributed by atoms with E-state index in [2.05, 4.69) is 4.94 Å². The highest BCUT2D eigenvalue weighted by Gasteiger charge is 2.45. The molecular formula is C7H10N2O4. The van der Waals surface area contributed by atoms with Crippen LogP contribution >= 0.6 is 0 Å². The lowest BCUT2D eigenvalue weighted by atomic mass is 9.92. The summed E-state index contributed by atoms with van der Waals surface area (Å²) in [5.41, 5.74) is 0.591. The van der Waals surface area contributed by atoms with Gasteiger partial charge >= 0.3 is 0 Å². The summed E-state index contributed by atoms with van der Waals surface area (Å²) in [5, 5.41) is 21.2. The highest BCUT2D eigenvalue weighted by atomic mass is 17.1. The van der Waals surface area contributed by atoms with Crippen molar-refractivity contribution in [1.29, 1.82) is 0 Å². The Morgan fingerprint density at radius 3 is 2.85 bits per heavy atom. The predicted molar refractivity (Wildman–Crippen MR) is 40.7 cm³/mol. The number of carbonyl (C=O) groups excluding carboxylic acids is 1. The Morgan fingerprint density at radius 1 is 1.46 bits per heavy atom. The first-order chi connectivity index (χ1) is 6.22. The molecule has 0 aromatic carbocycles. The SMILES string of the molecule is O=CC1=CCC2C(C1)[NH+]([O-])O[NH+]2[O-]. The fourth-order valence-corrected chi connectivity index (χ4v) is 1.78. The molecule has 1 heterocycles. The van der Waals surface area contributed by atoms with Crippen molar-refractivity contribution in [3.8, 4) is 0 Å². The molecule has 0 bridgehead atoms. The third kappa shape index (κ3) is 1.38. The first-order valence-corrected chi connectivity index (χ1v) is 4.12. The average molecular weight is 186 g/mol. The molecule has 0 amide bonds. The van der Waals surface area contributed by atoms with Gasteiger partial charge in [0.1, 0.15) is 6.29 Å². The third-order valence-corrected chi connectivity index (χ3v) is 2.53. The first-order valence-electron chi connectivity index (χ1n) is 4.12. The van der Waals surface area contributed by atoms with Gasteiger partial charge in [0.2, 0.25) is 0 Å². The minimum atomic E-state index is -0.484. The van der Waals surface area contributed by atoms with E-state index in [9.17, 15) is 15.2 Å². The smallest absolute Gasteiger partial charge is 0.182 e. The van der Waals surface area contributed by atoms with Crippen LogP contribution in [0.4, 0.5) is 0 Å². The summed E-state index contributed by atoms with van der Waals surface area (Å²) in [5.74, 6) is 0. The molecule has 13 heavy (non-hydrogen) atoms. The Morgan fingerprint density at radius 2 is 2.15 bits per heavy atom. The third-order valence-electron chi connectivity index (χ3n) is 2.53. The maximum Gasteiger partial charge on any atom is 0.182 e. The van der Waals surface area contributed by atoms with Crippen molar-refractivity contribution in [2.24, 2.45) is 0 Å². The minimum Gasteiger partial charge on any atom is -0.595 e. The van der Waals surface area contributed by atoms with Crippen LogP contribution in [0.2, 0.25) is 0 Å². The molecule has 1 aliphatic carbocycles. The van der Waals surface area contributed by atoms with E-state index in [1.54, 1.807) is 6.08 Å². The maximum atomic E-state index is 11.1. The fraction of sp³-hybridized carbons (Fsp3) is 0.571. The fourth-order valence-electron chi connectivity index (χ4n) is 1.78. The Labute approximate surface area is 74.4 Å². The first kappa shape index (κ1) is 8.79. The molecule has 6 nitrogen and oxygen atoms in total. The second-order valence-electron chi connectivity index (χ2n) is 3.29. The van der Waals surface area contributed by atoms with Crippen molar-refractivity contribution in [3.05, 3.63) is 22.1 Å². The summed E-state index contributed by atoms with van der Waals surface area (Å²) in [7, 11) is 0. The van der Waals surface area contributed by atoms with E-state index < -0.39 is 16.5 Å². The monoisotopic (exact) mass is 186 g/mol. The summed E-state index contributed by atoms with van der Waals surface area (Å²) in [4.78, 5) is 14.9. The van der Waals surface area contributed by atoms with Crippen LogP contribution in [0.15, 0.2) is 11.6 Å². The molecule has 0 aromatic rings. The van der Waals surface area contributed by atoms with E-state index in [-0.39, 0.29) is 6.04 Å². The number of nitrogens with one attached hydrogen (secondary N) is 2. The molecule has 2 N–H and O–H groups in total. The van der Waals surface area contributed by atoms with Crippen LogP contribution in [0.1, 0.15) is 12.8 Å². The molecule has 4 unspecified atom stereocenters. The van der Waals surface area contributed by atoms with Gasteiger partial charge in [-0.3, -0.25) is 4.79 Å². The lowest BCUT2D eigenvalue weighted by Crippen LogP contribution is -3.18. The van der Waals surface area contributed by atoms with Gasteiger partial charge in [-0.1, -0.05) is 6.08 Å². The normalized spacial score (nSPS) is 44.0. The molecular weight excluding hydrogens is 176 g/mol. The lowest BCUT2D eigenvalue weighted by molar-refractivity contribution is -1.27. The van der Waals surface area contributed by atoms with Crippen LogP contribution in [0.3, 0.4) is 0 Å². The van der Waals surface area contributed by atoms with E-state index in [0.29, 0.717) is 18.4 Å². The zero-order valence-electron chi connectivity index (χ0n) is 6.86. The highest BCUT2D eigenvalue weighted by molar-refractivity contribution is 5.73. The molecule has 1 saturated heterocycles. The van der Waals surface area contributed by atoms with Crippen LogP contribution in [-0.4, -0.2) is 18.4 Å².